The maximum atomic E-state index is 11.3. The molecule has 0 spiro atoms. The van der Waals surface area contributed by atoms with Gasteiger partial charge in [-0.2, -0.15) is 0 Å². The summed E-state index contributed by atoms with van der Waals surface area (Å²) in [6, 6.07) is 0. The zero-order valence-corrected chi connectivity index (χ0v) is 9.44. The van der Waals surface area contributed by atoms with Crippen LogP contribution in [0.25, 0.3) is 10.4 Å². The van der Waals surface area contributed by atoms with Gasteiger partial charge >= 0.3 is 0 Å². The second-order valence-electron chi connectivity index (χ2n) is 3.40. The predicted molar refractivity (Wildman–Crippen MR) is 59.4 cm³/mol. The van der Waals surface area contributed by atoms with E-state index in [9.17, 15) is 4.79 Å². The Hall–Kier alpha value is -1.26. The summed E-state index contributed by atoms with van der Waals surface area (Å²) in [6.07, 6.45) is 1.73. The molecule has 0 unspecified atom stereocenters. The van der Waals surface area contributed by atoms with Crippen LogP contribution in [0.15, 0.2) is 5.11 Å². The summed E-state index contributed by atoms with van der Waals surface area (Å²) in [7, 11) is 1.88. The highest BCUT2D eigenvalue weighted by Gasteiger charge is 2.04. The van der Waals surface area contributed by atoms with Gasteiger partial charge < -0.3 is 5.32 Å². The molecule has 0 aliphatic heterocycles. The topological polar surface area (TPSA) is 81.1 Å². The van der Waals surface area contributed by atoms with E-state index in [1.165, 1.54) is 0 Å². The SMILES string of the molecule is CCCNC(=O)CN(C)CCCN=[N+]=[N-]. The minimum atomic E-state index is 0.0446. The van der Waals surface area contributed by atoms with Crippen LogP contribution in [-0.2, 0) is 4.79 Å². The standard InChI is InChI=1S/C9H19N5O/c1-3-5-11-9(15)8-14(2)7-4-6-12-13-10/h3-8H2,1-2H3,(H,11,15). The Kier molecular flexibility index (Phi) is 8.52. The second-order valence-corrected chi connectivity index (χ2v) is 3.40. The monoisotopic (exact) mass is 213 g/mol. The molecular formula is C9H19N5O. The van der Waals surface area contributed by atoms with Crippen molar-refractivity contribution in [3.8, 4) is 0 Å². The molecule has 0 saturated heterocycles. The van der Waals surface area contributed by atoms with E-state index in [1.54, 1.807) is 0 Å². The van der Waals surface area contributed by atoms with Crippen molar-refractivity contribution >= 4 is 5.91 Å². The van der Waals surface area contributed by atoms with Crippen LogP contribution in [-0.4, -0.2) is 44.0 Å². The average molecular weight is 213 g/mol. The van der Waals surface area contributed by atoms with Gasteiger partial charge in [0, 0.05) is 18.0 Å². The van der Waals surface area contributed by atoms with Crippen LogP contribution in [0.4, 0.5) is 0 Å². The van der Waals surface area contributed by atoms with E-state index in [4.69, 9.17) is 5.53 Å². The molecule has 0 aromatic heterocycles. The lowest BCUT2D eigenvalue weighted by Gasteiger charge is -2.15. The molecule has 1 amide bonds. The van der Waals surface area contributed by atoms with Crippen LogP contribution >= 0.6 is 0 Å². The van der Waals surface area contributed by atoms with Crippen LogP contribution in [0.1, 0.15) is 19.8 Å². The summed E-state index contributed by atoms with van der Waals surface area (Å²) >= 11 is 0. The van der Waals surface area contributed by atoms with Gasteiger partial charge in [0.05, 0.1) is 6.54 Å². The average Bonchev–Trinajstić information content (AvgIpc) is 2.21. The lowest BCUT2D eigenvalue weighted by Crippen LogP contribution is -2.36. The van der Waals surface area contributed by atoms with Gasteiger partial charge in [-0.15, -0.1) is 0 Å². The molecule has 0 aromatic carbocycles. The van der Waals surface area contributed by atoms with Gasteiger partial charge in [-0.1, -0.05) is 12.0 Å². The third-order valence-electron chi connectivity index (χ3n) is 1.85. The fourth-order valence-corrected chi connectivity index (χ4v) is 1.10. The molecule has 0 bridgehead atoms. The molecule has 0 aromatic rings. The Morgan fingerprint density at radius 2 is 2.33 bits per heavy atom. The fraction of sp³-hybridized carbons (Fsp3) is 0.889. The molecule has 6 heteroatoms. The van der Waals surface area contributed by atoms with Gasteiger partial charge in [-0.05, 0) is 32.0 Å². The van der Waals surface area contributed by atoms with E-state index >= 15 is 0 Å². The summed E-state index contributed by atoms with van der Waals surface area (Å²) in [4.78, 5) is 15.8. The highest BCUT2D eigenvalue weighted by molar-refractivity contribution is 5.77. The quantitative estimate of drug-likeness (QED) is 0.284. The van der Waals surface area contributed by atoms with Crippen molar-refractivity contribution in [3.63, 3.8) is 0 Å². The van der Waals surface area contributed by atoms with Gasteiger partial charge in [0.15, 0.2) is 0 Å². The van der Waals surface area contributed by atoms with Gasteiger partial charge in [-0.25, -0.2) is 0 Å². The van der Waals surface area contributed by atoms with Crippen LogP contribution in [0.3, 0.4) is 0 Å². The Balaban J connectivity index is 3.50. The van der Waals surface area contributed by atoms with Crippen molar-refractivity contribution in [2.75, 3.05) is 33.2 Å². The van der Waals surface area contributed by atoms with Crippen molar-refractivity contribution < 1.29 is 4.79 Å². The number of nitrogens with zero attached hydrogens (tertiary/aromatic N) is 4. The lowest BCUT2D eigenvalue weighted by atomic mass is 10.4. The number of rotatable bonds is 8. The third kappa shape index (κ3) is 9.05. The minimum absolute atomic E-state index is 0.0446. The van der Waals surface area contributed by atoms with Crippen molar-refractivity contribution in [2.45, 2.75) is 19.8 Å². The van der Waals surface area contributed by atoms with Gasteiger partial charge in [0.1, 0.15) is 0 Å². The fourth-order valence-electron chi connectivity index (χ4n) is 1.10. The molecule has 15 heavy (non-hydrogen) atoms. The molecule has 0 aliphatic carbocycles. The minimum Gasteiger partial charge on any atom is -0.355 e. The second kappa shape index (κ2) is 9.30. The largest absolute Gasteiger partial charge is 0.355 e. The van der Waals surface area contributed by atoms with Gasteiger partial charge in [0.25, 0.3) is 0 Å². The van der Waals surface area contributed by atoms with E-state index in [0.717, 1.165) is 25.9 Å². The van der Waals surface area contributed by atoms with Crippen molar-refractivity contribution in [3.05, 3.63) is 10.4 Å². The molecule has 0 saturated carbocycles. The van der Waals surface area contributed by atoms with Crippen LogP contribution in [0.5, 0.6) is 0 Å². The van der Waals surface area contributed by atoms with E-state index in [-0.39, 0.29) is 5.91 Å². The zero-order chi connectivity index (χ0) is 11.5. The Bertz CT molecular complexity index is 225. The zero-order valence-electron chi connectivity index (χ0n) is 9.44. The predicted octanol–water partition coefficient (Wildman–Crippen LogP) is 1.14. The number of nitrogens with one attached hydrogen (secondary N) is 1. The van der Waals surface area contributed by atoms with Crippen molar-refractivity contribution in [1.82, 2.24) is 10.2 Å². The summed E-state index contributed by atoms with van der Waals surface area (Å²) in [5.74, 6) is 0.0446. The number of carbonyl (C=O) groups excluding carboxylic acids is 1. The van der Waals surface area contributed by atoms with Crippen LogP contribution in [0.2, 0.25) is 0 Å². The Labute approximate surface area is 90.3 Å². The molecule has 0 radical (unpaired) electrons. The number of hydrogen-bond donors (Lipinski definition) is 1. The molecule has 0 heterocycles. The summed E-state index contributed by atoms with van der Waals surface area (Å²) in [5, 5.41) is 6.23. The molecule has 0 rings (SSSR count). The number of azide groups is 1. The third-order valence-corrected chi connectivity index (χ3v) is 1.85. The maximum Gasteiger partial charge on any atom is 0.234 e. The number of hydrogen-bond acceptors (Lipinski definition) is 3. The smallest absolute Gasteiger partial charge is 0.234 e. The van der Waals surface area contributed by atoms with Crippen molar-refractivity contribution in [2.24, 2.45) is 5.11 Å². The summed E-state index contributed by atoms with van der Waals surface area (Å²) in [6.45, 7) is 4.39. The first-order valence-electron chi connectivity index (χ1n) is 5.16. The first-order chi connectivity index (χ1) is 7.20. The number of amides is 1. The molecule has 86 valence electrons. The Morgan fingerprint density at radius 3 is 2.93 bits per heavy atom. The highest BCUT2D eigenvalue weighted by Crippen LogP contribution is 1.88. The molecule has 0 aliphatic rings. The van der Waals surface area contributed by atoms with Crippen molar-refractivity contribution in [1.29, 1.82) is 0 Å². The first-order valence-corrected chi connectivity index (χ1v) is 5.16. The molecule has 0 fully saturated rings. The first kappa shape index (κ1) is 13.7. The van der Waals surface area contributed by atoms with E-state index in [2.05, 4.69) is 15.3 Å². The number of carbonyl (C=O) groups is 1. The molecule has 1 N–H and O–H groups in total. The van der Waals surface area contributed by atoms with Crippen LogP contribution in [0, 0.1) is 0 Å². The van der Waals surface area contributed by atoms with Gasteiger partial charge in [-0.3, -0.25) is 9.69 Å². The van der Waals surface area contributed by atoms with E-state index < -0.39 is 0 Å². The lowest BCUT2D eigenvalue weighted by molar-refractivity contribution is -0.121. The normalized spacial score (nSPS) is 9.80. The molecule has 6 nitrogen and oxygen atoms in total. The molecular weight excluding hydrogens is 194 g/mol. The van der Waals surface area contributed by atoms with E-state index in [0.29, 0.717) is 13.1 Å². The van der Waals surface area contributed by atoms with Gasteiger partial charge in [0.2, 0.25) is 5.91 Å². The summed E-state index contributed by atoms with van der Waals surface area (Å²) < 4.78 is 0. The Morgan fingerprint density at radius 1 is 1.60 bits per heavy atom. The van der Waals surface area contributed by atoms with Crippen LogP contribution < -0.4 is 5.32 Å². The summed E-state index contributed by atoms with van der Waals surface area (Å²) in [5.41, 5.74) is 8.05. The maximum absolute atomic E-state index is 11.3. The van der Waals surface area contributed by atoms with E-state index in [1.807, 2.05) is 18.9 Å². The number of likely N-dealkylation sites (N-methyl/N-ethyl adjacent to an activating group) is 1. The highest BCUT2D eigenvalue weighted by atomic mass is 16.2. The molecule has 0 atom stereocenters.